The maximum atomic E-state index is 6.21. The minimum Gasteiger partial charge on any atom is -0.493 e. The molecule has 0 amide bonds. The first kappa shape index (κ1) is 20.4. The number of aromatic nitrogens is 2. The smallest absolute Gasteiger partial charge is 0.314 e. The molecule has 0 spiro atoms. The lowest BCUT2D eigenvalue weighted by Crippen LogP contribution is -2.29. The third-order valence-electron chi connectivity index (χ3n) is 4.69. The average molecular weight is 452 g/mol. The van der Waals surface area contributed by atoms with Gasteiger partial charge in [0.05, 0.1) is 29.4 Å². The molecule has 0 radical (unpaired) electrons. The summed E-state index contributed by atoms with van der Waals surface area (Å²) in [6, 6.07) is 13.2. The molecule has 1 aliphatic rings. The first-order valence-electron chi connectivity index (χ1n) is 9.16. The Morgan fingerprint density at radius 3 is 2.86 bits per heavy atom. The van der Waals surface area contributed by atoms with Gasteiger partial charge < -0.3 is 19.3 Å². The van der Waals surface area contributed by atoms with Gasteiger partial charge in [-0.3, -0.25) is 0 Å². The van der Waals surface area contributed by atoms with Crippen LogP contribution in [0.25, 0.3) is 11.4 Å². The standard InChI is InChI=1S/C20H19Cl2N3O3S/c21-16-5-4-12(9-17(16)22)18-14(10-23-6-7-26-18)11-27-15-3-1-2-13(8-15)19-24-20(29)28-25-19/h1-5,8-9,14,18,23H,6-7,10-11H2,(H,24,25,29)/t14-,18-/m0/s1. The van der Waals surface area contributed by atoms with Gasteiger partial charge in [-0.15, -0.1) is 0 Å². The van der Waals surface area contributed by atoms with E-state index in [1.165, 1.54) is 0 Å². The van der Waals surface area contributed by atoms with E-state index < -0.39 is 0 Å². The molecule has 2 N–H and O–H groups in total. The molecule has 0 aliphatic carbocycles. The highest BCUT2D eigenvalue weighted by atomic mass is 35.5. The summed E-state index contributed by atoms with van der Waals surface area (Å²) in [5.41, 5.74) is 1.82. The van der Waals surface area contributed by atoms with Crippen molar-refractivity contribution in [2.24, 2.45) is 5.92 Å². The number of ether oxygens (including phenoxy) is 2. The average Bonchev–Trinajstić information content (AvgIpc) is 3.02. The zero-order valence-corrected chi connectivity index (χ0v) is 17.7. The maximum absolute atomic E-state index is 6.21. The minimum absolute atomic E-state index is 0.0938. The van der Waals surface area contributed by atoms with Crippen LogP contribution in [-0.2, 0) is 4.74 Å². The third kappa shape index (κ3) is 4.99. The number of halogens is 2. The van der Waals surface area contributed by atoms with Crippen molar-refractivity contribution in [1.29, 1.82) is 0 Å². The molecule has 0 unspecified atom stereocenters. The van der Waals surface area contributed by atoms with Crippen LogP contribution in [0, 0.1) is 10.8 Å². The summed E-state index contributed by atoms with van der Waals surface area (Å²) in [4.78, 5) is 4.30. The van der Waals surface area contributed by atoms with Gasteiger partial charge >= 0.3 is 4.84 Å². The lowest BCUT2D eigenvalue weighted by Gasteiger charge is -2.25. The van der Waals surface area contributed by atoms with Crippen LogP contribution in [0.3, 0.4) is 0 Å². The van der Waals surface area contributed by atoms with Crippen LogP contribution in [0.5, 0.6) is 5.75 Å². The van der Waals surface area contributed by atoms with Crippen LogP contribution < -0.4 is 10.1 Å². The molecule has 2 heterocycles. The molecular weight excluding hydrogens is 433 g/mol. The predicted molar refractivity (Wildman–Crippen MR) is 114 cm³/mol. The summed E-state index contributed by atoms with van der Waals surface area (Å²) in [5, 5.41) is 7.14. The Hall–Kier alpha value is -1.90. The second-order valence-electron chi connectivity index (χ2n) is 6.70. The second-order valence-corrected chi connectivity index (χ2v) is 7.86. The molecule has 1 saturated heterocycles. The van der Waals surface area contributed by atoms with Gasteiger partial charge in [-0.1, -0.05) is 41.4 Å². The summed E-state index contributed by atoms with van der Waals surface area (Å²) >= 11 is 17.2. The molecule has 9 heteroatoms. The summed E-state index contributed by atoms with van der Waals surface area (Å²) in [5.74, 6) is 1.38. The quantitative estimate of drug-likeness (QED) is 0.528. The number of benzene rings is 2. The van der Waals surface area contributed by atoms with Crippen LogP contribution in [0.15, 0.2) is 47.0 Å². The zero-order chi connectivity index (χ0) is 20.2. The molecule has 2 atom stereocenters. The van der Waals surface area contributed by atoms with Gasteiger partial charge in [-0.2, -0.15) is 4.98 Å². The lowest BCUT2D eigenvalue weighted by atomic mass is 9.96. The van der Waals surface area contributed by atoms with Crippen LogP contribution in [0.4, 0.5) is 0 Å². The number of nitrogens with zero attached hydrogens (tertiary/aromatic N) is 1. The number of hydrogen-bond acceptors (Lipinski definition) is 6. The van der Waals surface area contributed by atoms with E-state index in [0.717, 1.165) is 30.0 Å². The third-order valence-corrected chi connectivity index (χ3v) is 5.61. The van der Waals surface area contributed by atoms with Crippen LogP contribution in [0.1, 0.15) is 11.7 Å². The first-order chi connectivity index (χ1) is 14.1. The summed E-state index contributed by atoms with van der Waals surface area (Å²) in [6.07, 6.45) is -0.144. The molecule has 29 heavy (non-hydrogen) atoms. The van der Waals surface area contributed by atoms with Crippen molar-refractivity contribution in [2.45, 2.75) is 6.10 Å². The van der Waals surface area contributed by atoms with E-state index in [9.17, 15) is 0 Å². The Morgan fingerprint density at radius 2 is 2.07 bits per heavy atom. The Morgan fingerprint density at radius 1 is 1.17 bits per heavy atom. The molecule has 3 aromatic rings. The topological polar surface area (TPSA) is 72.3 Å². The Balaban J connectivity index is 1.50. The molecule has 1 aromatic heterocycles. The van der Waals surface area contributed by atoms with Gasteiger partial charge in [0.1, 0.15) is 5.75 Å². The van der Waals surface area contributed by atoms with Crippen molar-refractivity contribution in [3.05, 3.63) is 62.9 Å². The molecule has 152 valence electrons. The van der Waals surface area contributed by atoms with Gasteiger partial charge in [0.25, 0.3) is 0 Å². The summed E-state index contributed by atoms with van der Waals surface area (Å²) in [6.45, 7) is 2.63. The van der Waals surface area contributed by atoms with Crippen LogP contribution in [0.2, 0.25) is 10.0 Å². The summed E-state index contributed by atoms with van der Waals surface area (Å²) < 4.78 is 17.2. The van der Waals surface area contributed by atoms with Crippen molar-refractivity contribution in [1.82, 2.24) is 15.5 Å². The molecule has 4 rings (SSSR count). The summed E-state index contributed by atoms with van der Waals surface area (Å²) in [7, 11) is 0. The highest BCUT2D eigenvalue weighted by molar-refractivity contribution is 7.71. The number of rotatable bonds is 5. The molecule has 1 aliphatic heterocycles. The van der Waals surface area contributed by atoms with Gasteiger partial charge in [0.2, 0.25) is 0 Å². The second kappa shape index (κ2) is 9.28. The molecular formula is C20H19Cl2N3O3S. The largest absolute Gasteiger partial charge is 0.493 e. The molecule has 0 bridgehead atoms. The normalized spacial score (nSPS) is 19.7. The molecule has 0 saturated carbocycles. The Labute approximate surface area is 183 Å². The fourth-order valence-corrected chi connectivity index (χ4v) is 3.72. The highest BCUT2D eigenvalue weighted by Crippen LogP contribution is 2.32. The predicted octanol–water partition coefficient (Wildman–Crippen LogP) is 5.06. The maximum Gasteiger partial charge on any atom is 0.314 e. The SMILES string of the molecule is S=c1nc(-c2cccc(OC[C@@H]3CNCCO[C@H]3c3ccc(Cl)c(Cl)c3)c2)[nH]o1. The van der Waals surface area contributed by atoms with E-state index in [0.29, 0.717) is 29.1 Å². The number of aromatic amines is 1. The number of nitrogens with one attached hydrogen (secondary N) is 2. The van der Waals surface area contributed by atoms with E-state index in [1.807, 2.05) is 36.4 Å². The van der Waals surface area contributed by atoms with Gasteiger partial charge in [0, 0.05) is 24.6 Å². The molecule has 6 nitrogen and oxygen atoms in total. The first-order valence-corrected chi connectivity index (χ1v) is 10.3. The van der Waals surface area contributed by atoms with Crippen LogP contribution in [-0.4, -0.2) is 36.4 Å². The number of H-pyrrole nitrogens is 1. The van der Waals surface area contributed by atoms with Crippen molar-refractivity contribution in [3.8, 4) is 17.1 Å². The number of hydrogen-bond donors (Lipinski definition) is 2. The van der Waals surface area contributed by atoms with Crippen molar-refractivity contribution in [2.75, 3.05) is 26.3 Å². The van der Waals surface area contributed by atoms with E-state index in [1.54, 1.807) is 6.07 Å². The minimum atomic E-state index is -0.144. The van der Waals surface area contributed by atoms with Crippen molar-refractivity contribution in [3.63, 3.8) is 0 Å². The molecule has 2 aromatic carbocycles. The van der Waals surface area contributed by atoms with Gasteiger partial charge in [0.15, 0.2) is 5.82 Å². The van der Waals surface area contributed by atoms with Gasteiger partial charge in [-0.25, -0.2) is 5.16 Å². The van der Waals surface area contributed by atoms with Crippen molar-refractivity contribution >= 4 is 35.4 Å². The van der Waals surface area contributed by atoms with Crippen LogP contribution >= 0.6 is 35.4 Å². The van der Waals surface area contributed by atoms with E-state index >= 15 is 0 Å². The van der Waals surface area contributed by atoms with E-state index in [2.05, 4.69) is 15.5 Å². The van der Waals surface area contributed by atoms with Gasteiger partial charge in [-0.05, 0) is 42.0 Å². The Bertz CT molecular complexity index is 1040. The fraction of sp³-hybridized carbons (Fsp3) is 0.300. The lowest BCUT2D eigenvalue weighted by molar-refractivity contribution is 0.0153. The van der Waals surface area contributed by atoms with Crippen molar-refractivity contribution < 1.29 is 14.0 Å². The monoisotopic (exact) mass is 451 g/mol. The zero-order valence-electron chi connectivity index (χ0n) is 15.4. The highest BCUT2D eigenvalue weighted by Gasteiger charge is 2.27. The molecule has 1 fully saturated rings. The fourth-order valence-electron chi connectivity index (χ4n) is 3.28. The van der Waals surface area contributed by atoms with E-state index in [-0.39, 0.29) is 16.9 Å². The Kier molecular flexibility index (Phi) is 6.52. The van der Waals surface area contributed by atoms with E-state index in [4.69, 9.17) is 49.4 Å².